The summed E-state index contributed by atoms with van der Waals surface area (Å²) in [6.45, 7) is 1.56. The van der Waals surface area contributed by atoms with Crippen LogP contribution in [-0.2, 0) is 10.6 Å². The van der Waals surface area contributed by atoms with E-state index in [2.05, 4.69) is 4.98 Å². The van der Waals surface area contributed by atoms with E-state index in [-0.39, 0.29) is 6.10 Å². The lowest BCUT2D eigenvalue weighted by atomic mass is 10.1. The summed E-state index contributed by atoms with van der Waals surface area (Å²) in [5.41, 5.74) is 1.04. The van der Waals surface area contributed by atoms with E-state index in [1.165, 1.54) is 0 Å². The molecule has 0 amide bonds. The fraction of sp³-hybridized carbons (Fsp3) is 0.545. The molecule has 0 radical (unpaired) electrons. The maximum absolute atomic E-state index is 5.75. The molecule has 2 rings (SSSR count). The first-order chi connectivity index (χ1) is 7.38. The van der Waals surface area contributed by atoms with Crippen LogP contribution in [0.4, 0.5) is 0 Å². The fourth-order valence-corrected chi connectivity index (χ4v) is 1.73. The van der Waals surface area contributed by atoms with Gasteiger partial charge in [-0.25, -0.2) is 4.98 Å². The molecule has 1 aliphatic rings. The van der Waals surface area contributed by atoms with Gasteiger partial charge >= 0.3 is 0 Å². The van der Waals surface area contributed by atoms with Gasteiger partial charge in [-0.1, -0.05) is 0 Å². The summed E-state index contributed by atoms with van der Waals surface area (Å²) in [5.74, 6) is 1.16. The summed E-state index contributed by atoms with van der Waals surface area (Å²) in [4.78, 5) is 4.16. The van der Waals surface area contributed by atoms with Gasteiger partial charge in [-0.2, -0.15) is 0 Å². The molecule has 15 heavy (non-hydrogen) atoms. The maximum Gasteiger partial charge on any atom is 0.213 e. The average molecular weight is 228 g/mol. The molecule has 0 saturated carbocycles. The Kier molecular flexibility index (Phi) is 3.80. The van der Waals surface area contributed by atoms with Crippen LogP contribution in [0.1, 0.15) is 18.4 Å². The standard InChI is InChI=1S/C11H14ClNO2/c12-8-9-1-4-13-11(7-9)15-10-2-5-14-6-3-10/h1,4,7,10H,2-3,5-6,8H2. The topological polar surface area (TPSA) is 31.4 Å². The number of aromatic nitrogens is 1. The van der Waals surface area contributed by atoms with Gasteiger partial charge in [-0.3, -0.25) is 0 Å². The number of hydrogen-bond donors (Lipinski definition) is 0. The highest BCUT2D eigenvalue weighted by atomic mass is 35.5. The predicted octanol–water partition coefficient (Wildman–Crippen LogP) is 2.38. The van der Waals surface area contributed by atoms with Gasteiger partial charge in [0.2, 0.25) is 5.88 Å². The van der Waals surface area contributed by atoms with Crippen LogP contribution in [-0.4, -0.2) is 24.3 Å². The second-order valence-corrected chi connectivity index (χ2v) is 3.83. The number of ether oxygens (including phenoxy) is 2. The Hall–Kier alpha value is -0.800. The van der Waals surface area contributed by atoms with Crippen molar-refractivity contribution >= 4 is 11.6 Å². The van der Waals surface area contributed by atoms with E-state index < -0.39 is 0 Å². The quantitative estimate of drug-likeness (QED) is 0.743. The number of halogens is 1. The molecular weight excluding hydrogens is 214 g/mol. The molecule has 1 fully saturated rings. The van der Waals surface area contributed by atoms with Crippen molar-refractivity contribution in [3.8, 4) is 5.88 Å². The summed E-state index contributed by atoms with van der Waals surface area (Å²) >= 11 is 5.74. The van der Waals surface area contributed by atoms with Crippen LogP contribution in [0, 0.1) is 0 Å². The van der Waals surface area contributed by atoms with Crippen LogP contribution in [0.5, 0.6) is 5.88 Å². The smallest absolute Gasteiger partial charge is 0.213 e. The summed E-state index contributed by atoms with van der Waals surface area (Å²) < 4.78 is 11.0. The third-order valence-electron chi connectivity index (χ3n) is 2.41. The van der Waals surface area contributed by atoms with Gasteiger partial charge in [0.05, 0.1) is 13.2 Å². The van der Waals surface area contributed by atoms with E-state index in [0.717, 1.165) is 31.6 Å². The maximum atomic E-state index is 5.75. The van der Waals surface area contributed by atoms with Crippen molar-refractivity contribution in [1.29, 1.82) is 0 Å². The number of nitrogens with zero attached hydrogens (tertiary/aromatic N) is 1. The Morgan fingerprint density at radius 3 is 3.00 bits per heavy atom. The Bertz CT molecular complexity index is 313. The highest BCUT2D eigenvalue weighted by molar-refractivity contribution is 6.17. The molecule has 1 aromatic rings. The number of rotatable bonds is 3. The molecule has 82 valence electrons. The fourth-order valence-electron chi connectivity index (χ4n) is 1.56. The minimum absolute atomic E-state index is 0.233. The number of hydrogen-bond acceptors (Lipinski definition) is 3. The predicted molar refractivity (Wildman–Crippen MR) is 58.3 cm³/mol. The summed E-state index contributed by atoms with van der Waals surface area (Å²) in [7, 11) is 0. The first kappa shape index (κ1) is 10.7. The molecule has 1 aromatic heterocycles. The van der Waals surface area contributed by atoms with Gasteiger partial charge in [0, 0.05) is 31.0 Å². The number of pyridine rings is 1. The van der Waals surface area contributed by atoms with Crippen LogP contribution in [0.25, 0.3) is 0 Å². The Morgan fingerprint density at radius 2 is 2.27 bits per heavy atom. The minimum atomic E-state index is 0.233. The van der Waals surface area contributed by atoms with Gasteiger partial charge in [0.15, 0.2) is 0 Å². The lowest BCUT2D eigenvalue weighted by molar-refractivity contribution is 0.0237. The molecule has 0 aliphatic carbocycles. The molecular formula is C11H14ClNO2. The molecule has 0 aromatic carbocycles. The van der Waals surface area contributed by atoms with Crippen molar-refractivity contribution < 1.29 is 9.47 Å². The van der Waals surface area contributed by atoms with Gasteiger partial charge in [0.25, 0.3) is 0 Å². The second kappa shape index (κ2) is 5.33. The molecule has 2 heterocycles. The molecule has 0 unspecified atom stereocenters. The average Bonchev–Trinajstić information content (AvgIpc) is 2.31. The third kappa shape index (κ3) is 3.08. The monoisotopic (exact) mass is 227 g/mol. The molecule has 1 saturated heterocycles. The van der Waals surface area contributed by atoms with Gasteiger partial charge in [0.1, 0.15) is 6.10 Å². The van der Waals surface area contributed by atoms with E-state index in [9.17, 15) is 0 Å². The van der Waals surface area contributed by atoms with E-state index in [1.54, 1.807) is 6.20 Å². The lowest BCUT2D eigenvalue weighted by Crippen LogP contribution is -2.26. The molecule has 0 atom stereocenters. The van der Waals surface area contributed by atoms with Crippen molar-refractivity contribution in [3.63, 3.8) is 0 Å². The van der Waals surface area contributed by atoms with Gasteiger partial charge in [-0.05, 0) is 11.6 Å². The van der Waals surface area contributed by atoms with E-state index in [0.29, 0.717) is 11.8 Å². The highest BCUT2D eigenvalue weighted by Crippen LogP contribution is 2.17. The first-order valence-electron chi connectivity index (χ1n) is 5.14. The van der Waals surface area contributed by atoms with Gasteiger partial charge < -0.3 is 9.47 Å². The van der Waals surface area contributed by atoms with Crippen molar-refractivity contribution in [3.05, 3.63) is 23.9 Å². The zero-order valence-corrected chi connectivity index (χ0v) is 9.24. The highest BCUT2D eigenvalue weighted by Gasteiger charge is 2.15. The van der Waals surface area contributed by atoms with E-state index in [1.807, 2.05) is 12.1 Å². The Balaban J connectivity index is 1.96. The largest absolute Gasteiger partial charge is 0.474 e. The molecule has 1 aliphatic heterocycles. The summed E-state index contributed by atoms with van der Waals surface area (Å²) in [6.07, 6.45) is 3.84. The number of alkyl halides is 1. The summed E-state index contributed by atoms with van der Waals surface area (Å²) in [5, 5.41) is 0. The zero-order valence-electron chi connectivity index (χ0n) is 8.49. The SMILES string of the molecule is ClCc1ccnc(OC2CCOCC2)c1. The second-order valence-electron chi connectivity index (χ2n) is 3.57. The van der Waals surface area contributed by atoms with Crippen LogP contribution in [0.15, 0.2) is 18.3 Å². The third-order valence-corrected chi connectivity index (χ3v) is 2.72. The molecule has 3 nitrogen and oxygen atoms in total. The van der Waals surface area contributed by atoms with Crippen LogP contribution in [0.3, 0.4) is 0 Å². The molecule has 0 bridgehead atoms. The van der Waals surface area contributed by atoms with E-state index >= 15 is 0 Å². The van der Waals surface area contributed by atoms with Crippen molar-refractivity contribution in [2.75, 3.05) is 13.2 Å². The lowest BCUT2D eigenvalue weighted by Gasteiger charge is -2.22. The van der Waals surface area contributed by atoms with Crippen LogP contribution >= 0.6 is 11.6 Å². The van der Waals surface area contributed by atoms with Crippen LogP contribution in [0.2, 0.25) is 0 Å². The normalized spacial score (nSPS) is 17.7. The summed E-state index contributed by atoms with van der Waals surface area (Å²) in [6, 6.07) is 3.78. The van der Waals surface area contributed by atoms with E-state index in [4.69, 9.17) is 21.1 Å². The van der Waals surface area contributed by atoms with Crippen molar-refractivity contribution in [2.45, 2.75) is 24.8 Å². The molecule has 0 spiro atoms. The van der Waals surface area contributed by atoms with Crippen LogP contribution < -0.4 is 4.74 Å². The minimum Gasteiger partial charge on any atom is -0.474 e. The van der Waals surface area contributed by atoms with Crippen molar-refractivity contribution in [1.82, 2.24) is 4.98 Å². The van der Waals surface area contributed by atoms with Gasteiger partial charge in [-0.15, -0.1) is 11.6 Å². The molecule has 0 N–H and O–H groups in total. The Morgan fingerprint density at radius 1 is 1.47 bits per heavy atom. The zero-order chi connectivity index (χ0) is 10.5. The Labute approximate surface area is 94.4 Å². The van der Waals surface area contributed by atoms with Crippen molar-refractivity contribution in [2.24, 2.45) is 0 Å². The first-order valence-corrected chi connectivity index (χ1v) is 5.67. The molecule has 4 heteroatoms.